The fourth-order valence-corrected chi connectivity index (χ4v) is 1.31. The summed E-state index contributed by atoms with van der Waals surface area (Å²) in [6, 6.07) is 0. The molecule has 0 radical (unpaired) electrons. The lowest BCUT2D eigenvalue weighted by Gasteiger charge is -2.20. The highest BCUT2D eigenvalue weighted by molar-refractivity contribution is 6.32. The molecule has 0 aliphatic heterocycles. The van der Waals surface area contributed by atoms with Gasteiger partial charge >= 0.3 is 0 Å². The van der Waals surface area contributed by atoms with Gasteiger partial charge < -0.3 is 5.11 Å². The van der Waals surface area contributed by atoms with Gasteiger partial charge in [-0.3, -0.25) is 4.79 Å². The van der Waals surface area contributed by atoms with E-state index in [1.165, 1.54) is 0 Å². The predicted molar refractivity (Wildman–Crippen MR) is 43.3 cm³/mol. The summed E-state index contributed by atoms with van der Waals surface area (Å²) >= 11 is 5.67. The molecule has 1 atom stereocenters. The van der Waals surface area contributed by atoms with Crippen LogP contribution in [-0.4, -0.2) is 17.5 Å². The van der Waals surface area contributed by atoms with Crippen molar-refractivity contribution in [3.63, 3.8) is 0 Å². The molecule has 0 aromatic rings. The molecule has 0 bridgehead atoms. The minimum Gasteiger partial charge on any atom is -0.383 e. The monoisotopic (exact) mass is 172 g/mol. The third-order valence-corrected chi connectivity index (χ3v) is 2.24. The molecule has 1 rings (SSSR count). The molecule has 11 heavy (non-hydrogen) atoms. The molecule has 3 heteroatoms. The summed E-state index contributed by atoms with van der Waals surface area (Å²) in [5, 5.41) is 9.53. The summed E-state index contributed by atoms with van der Waals surface area (Å²) in [6.45, 7) is 3.63. The van der Waals surface area contributed by atoms with Crippen molar-refractivity contribution >= 4 is 17.9 Å². The Labute approximate surface area is 70.2 Å². The maximum atomic E-state index is 10.3. The highest BCUT2D eigenvalue weighted by Crippen LogP contribution is 2.29. The van der Waals surface area contributed by atoms with Gasteiger partial charge in [0.05, 0.1) is 5.03 Å². The van der Waals surface area contributed by atoms with Crippen LogP contribution in [0.15, 0.2) is 22.8 Å². The van der Waals surface area contributed by atoms with Crippen molar-refractivity contribution in [3.8, 4) is 0 Å². The van der Waals surface area contributed by atoms with Gasteiger partial charge in [-0.1, -0.05) is 18.2 Å². The average Bonchev–Trinajstić information content (AvgIpc) is 2.01. The molecule has 0 spiro atoms. The number of carbonyl (C=O) groups excluding carboxylic acids is 1. The molecular weight excluding hydrogens is 164 g/mol. The molecule has 0 amide bonds. The molecule has 1 unspecified atom stereocenters. The Bertz CT molecular complexity index is 230. The first-order chi connectivity index (χ1) is 5.16. The highest BCUT2D eigenvalue weighted by Gasteiger charge is 2.21. The van der Waals surface area contributed by atoms with E-state index in [1.54, 1.807) is 0 Å². The van der Waals surface area contributed by atoms with E-state index in [9.17, 15) is 9.90 Å². The number of aliphatic hydroxyl groups is 1. The van der Waals surface area contributed by atoms with Crippen LogP contribution in [0.1, 0.15) is 12.8 Å². The Morgan fingerprint density at radius 2 is 2.27 bits per heavy atom. The Hall–Kier alpha value is -0.600. The number of aldehydes is 1. The Kier molecular flexibility index (Phi) is 2.47. The molecular formula is C8H9ClO2. The minimum atomic E-state index is -0.828. The number of hydrogen-bond acceptors (Lipinski definition) is 2. The topological polar surface area (TPSA) is 37.3 Å². The maximum Gasteiger partial charge on any atom is 0.147 e. The second-order valence-corrected chi connectivity index (χ2v) is 2.96. The first kappa shape index (κ1) is 8.50. The van der Waals surface area contributed by atoms with Gasteiger partial charge in [-0.2, -0.15) is 0 Å². The van der Waals surface area contributed by atoms with Gasteiger partial charge in [0.1, 0.15) is 12.4 Å². The van der Waals surface area contributed by atoms with Gasteiger partial charge in [0.15, 0.2) is 0 Å². The molecule has 0 aromatic carbocycles. The van der Waals surface area contributed by atoms with Crippen LogP contribution in [-0.2, 0) is 4.79 Å². The molecule has 2 nitrogen and oxygen atoms in total. The number of halogens is 1. The number of hydrogen-bond donors (Lipinski definition) is 1. The van der Waals surface area contributed by atoms with Crippen LogP contribution in [0.5, 0.6) is 0 Å². The van der Waals surface area contributed by atoms with E-state index in [4.69, 9.17) is 11.6 Å². The quantitative estimate of drug-likeness (QED) is 0.480. The van der Waals surface area contributed by atoms with Crippen molar-refractivity contribution in [1.29, 1.82) is 0 Å². The number of aliphatic hydroxyl groups excluding tert-OH is 1. The maximum absolute atomic E-state index is 10.3. The molecule has 0 saturated heterocycles. The van der Waals surface area contributed by atoms with E-state index >= 15 is 0 Å². The largest absolute Gasteiger partial charge is 0.383 e. The number of rotatable bonds is 1. The number of carbonyl (C=O) groups is 1. The Balaban J connectivity index is 2.95. The SMILES string of the molecule is C=C1CCC(C=O)=C(Cl)C1O. The molecule has 0 saturated carbocycles. The zero-order valence-electron chi connectivity index (χ0n) is 6.01. The van der Waals surface area contributed by atoms with Crippen LogP contribution in [0.4, 0.5) is 0 Å². The minimum absolute atomic E-state index is 0.233. The van der Waals surface area contributed by atoms with Gasteiger partial charge in [0.25, 0.3) is 0 Å². The smallest absolute Gasteiger partial charge is 0.147 e. The summed E-state index contributed by atoms with van der Waals surface area (Å²) in [5.74, 6) is 0. The van der Waals surface area contributed by atoms with E-state index < -0.39 is 6.10 Å². The summed E-state index contributed by atoms with van der Waals surface area (Å²) < 4.78 is 0. The zero-order valence-corrected chi connectivity index (χ0v) is 6.77. The first-order valence-electron chi connectivity index (χ1n) is 3.36. The fraction of sp³-hybridized carbons (Fsp3) is 0.375. The second-order valence-electron chi connectivity index (χ2n) is 2.55. The third-order valence-electron chi connectivity index (χ3n) is 1.79. The van der Waals surface area contributed by atoms with Gasteiger partial charge in [-0.25, -0.2) is 0 Å². The van der Waals surface area contributed by atoms with Gasteiger partial charge in [-0.15, -0.1) is 0 Å². The highest BCUT2D eigenvalue weighted by atomic mass is 35.5. The van der Waals surface area contributed by atoms with Crippen molar-refractivity contribution in [2.45, 2.75) is 18.9 Å². The molecule has 60 valence electrons. The predicted octanol–water partition coefficient (Wildman–Crippen LogP) is 1.39. The standard InChI is InChI=1S/C8H9ClO2/c1-5-2-3-6(4-10)7(9)8(5)11/h4,8,11H,1-3H2. The molecule has 1 aliphatic carbocycles. The molecule has 0 aromatic heterocycles. The van der Waals surface area contributed by atoms with Crippen LogP contribution in [0.3, 0.4) is 0 Å². The van der Waals surface area contributed by atoms with Crippen molar-refractivity contribution in [2.24, 2.45) is 0 Å². The second kappa shape index (κ2) is 3.20. The van der Waals surface area contributed by atoms with E-state index in [-0.39, 0.29) is 5.03 Å². The van der Waals surface area contributed by atoms with Crippen LogP contribution in [0.25, 0.3) is 0 Å². The number of allylic oxidation sites excluding steroid dienone is 1. The zero-order chi connectivity index (χ0) is 8.43. The lowest BCUT2D eigenvalue weighted by Crippen LogP contribution is -2.17. The lowest BCUT2D eigenvalue weighted by atomic mass is 9.94. The van der Waals surface area contributed by atoms with E-state index in [1.807, 2.05) is 0 Å². The van der Waals surface area contributed by atoms with Gasteiger partial charge in [-0.05, 0) is 18.4 Å². The molecule has 1 N–H and O–H groups in total. The van der Waals surface area contributed by atoms with Crippen molar-refractivity contribution in [2.75, 3.05) is 0 Å². The van der Waals surface area contributed by atoms with Gasteiger partial charge in [0, 0.05) is 5.57 Å². The van der Waals surface area contributed by atoms with Gasteiger partial charge in [0.2, 0.25) is 0 Å². The van der Waals surface area contributed by atoms with Crippen molar-refractivity contribution in [3.05, 3.63) is 22.8 Å². The normalized spacial score (nSPS) is 25.6. The van der Waals surface area contributed by atoms with Crippen molar-refractivity contribution < 1.29 is 9.90 Å². The van der Waals surface area contributed by atoms with E-state index in [0.717, 1.165) is 0 Å². The van der Waals surface area contributed by atoms with E-state index in [2.05, 4.69) is 6.58 Å². The Morgan fingerprint density at radius 3 is 2.82 bits per heavy atom. The van der Waals surface area contributed by atoms with Crippen LogP contribution < -0.4 is 0 Å². The first-order valence-corrected chi connectivity index (χ1v) is 3.74. The summed E-state index contributed by atoms with van der Waals surface area (Å²) in [7, 11) is 0. The van der Waals surface area contributed by atoms with Crippen LogP contribution in [0.2, 0.25) is 0 Å². The van der Waals surface area contributed by atoms with Crippen LogP contribution in [0, 0.1) is 0 Å². The molecule has 0 heterocycles. The summed E-state index contributed by atoms with van der Waals surface area (Å²) in [4.78, 5) is 10.3. The summed E-state index contributed by atoms with van der Waals surface area (Å²) in [6.07, 6.45) is 1.10. The molecule has 0 fully saturated rings. The Morgan fingerprint density at radius 1 is 1.64 bits per heavy atom. The molecule has 1 aliphatic rings. The van der Waals surface area contributed by atoms with Crippen molar-refractivity contribution in [1.82, 2.24) is 0 Å². The van der Waals surface area contributed by atoms with Crippen LogP contribution >= 0.6 is 11.6 Å². The fourth-order valence-electron chi connectivity index (χ4n) is 1.02. The van der Waals surface area contributed by atoms with E-state index in [0.29, 0.717) is 30.3 Å². The lowest BCUT2D eigenvalue weighted by molar-refractivity contribution is -0.105. The summed E-state index contributed by atoms with van der Waals surface area (Å²) in [5.41, 5.74) is 1.17. The third kappa shape index (κ3) is 1.52. The average molecular weight is 173 g/mol.